The van der Waals surface area contributed by atoms with Crippen molar-refractivity contribution < 1.29 is 8.42 Å². The van der Waals surface area contributed by atoms with Crippen molar-refractivity contribution in [3.8, 4) is 0 Å². The van der Waals surface area contributed by atoms with Gasteiger partial charge in [-0.2, -0.15) is 5.10 Å². The van der Waals surface area contributed by atoms with Crippen LogP contribution in [0.15, 0.2) is 84.8 Å². The molecule has 2 N–H and O–H groups in total. The van der Waals surface area contributed by atoms with Crippen LogP contribution in [0.1, 0.15) is 11.3 Å². The zero-order chi connectivity index (χ0) is 20.9. The molecule has 0 unspecified atom stereocenters. The average molecular weight is 410 g/mol. The molecule has 8 heteroatoms. The molecule has 7 nitrogen and oxygen atoms in total. The predicted octanol–water partition coefficient (Wildman–Crippen LogP) is 2.96. The number of allylic oxidation sites excluding steroid dienone is 1. The maximum Gasteiger partial charge on any atom is 0.229 e. The van der Waals surface area contributed by atoms with Gasteiger partial charge in [-0.1, -0.05) is 31.4 Å². The number of pyridine rings is 1. The summed E-state index contributed by atoms with van der Waals surface area (Å²) in [6.07, 6.45) is 7.36. The van der Waals surface area contributed by atoms with E-state index in [1.165, 1.54) is 0 Å². The smallest absolute Gasteiger partial charge is 0.229 e. The van der Waals surface area contributed by atoms with E-state index in [2.05, 4.69) is 33.3 Å². The molecule has 0 radical (unpaired) electrons. The quantitative estimate of drug-likeness (QED) is 0.734. The molecule has 2 heterocycles. The molecule has 2 aromatic rings. The number of rotatable bonds is 7. The van der Waals surface area contributed by atoms with Gasteiger partial charge in [0.2, 0.25) is 10.0 Å². The molecule has 1 aliphatic heterocycles. The fraction of sp³-hybridized carbons (Fsp3) is 0.143. The molecule has 29 heavy (non-hydrogen) atoms. The zero-order valence-electron chi connectivity index (χ0n) is 16.2. The second-order valence-electron chi connectivity index (χ2n) is 6.52. The number of benzene rings is 1. The highest BCUT2D eigenvalue weighted by molar-refractivity contribution is 7.92. The van der Waals surface area contributed by atoms with Gasteiger partial charge in [0.15, 0.2) is 0 Å². The lowest BCUT2D eigenvalue weighted by Gasteiger charge is -2.26. The van der Waals surface area contributed by atoms with E-state index in [9.17, 15) is 8.42 Å². The average Bonchev–Trinajstić information content (AvgIpc) is 2.68. The highest BCUT2D eigenvalue weighted by Gasteiger charge is 2.16. The van der Waals surface area contributed by atoms with Crippen LogP contribution in [0.3, 0.4) is 0 Å². The number of nitrogens with zero attached hydrogens (tertiary/aromatic N) is 3. The van der Waals surface area contributed by atoms with E-state index in [0.29, 0.717) is 29.5 Å². The Balaban J connectivity index is 1.70. The summed E-state index contributed by atoms with van der Waals surface area (Å²) in [5.41, 5.74) is 3.43. The van der Waals surface area contributed by atoms with E-state index in [4.69, 9.17) is 0 Å². The Morgan fingerprint density at radius 3 is 2.72 bits per heavy atom. The number of anilines is 1. The van der Waals surface area contributed by atoms with Gasteiger partial charge in [0.05, 0.1) is 17.6 Å². The zero-order valence-corrected chi connectivity index (χ0v) is 17.0. The van der Waals surface area contributed by atoms with Gasteiger partial charge in [0, 0.05) is 36.1 Å². The number of nitrogens with one attached hydrogen (secondary N) is 2. The molecule has 0 spiro atoms. The second-order valence-corrected chi connectivity index (χ2v) is 8.27. The van der Waals surface area contributed by atoms with E-state index < -0.39 is 10.0 Å². The first-order chi connectivity index (χ1) is 13.8. The lowest BCUT2D eigenvalue weighted by Crippen LogP contribution is -2.30. The molecule has 1 aromatic heterocycles. The first kappa shape index (κ1) is 20.3. The molecule has 1 aliphatic rings. The Bertz CT molecular complexity index is 1080. The van der Waals surface area contributed by atoms with Crippen molar-refractivity contribution in [3.05, 3.63) is 90.9 Å². The van der Waals surface area contributed by atoms with Crippen molar-refractivity contribution in [1.82, 2.24) is 15.3 Å². The van der Waals surface area contributed by atoms with Crippen molar-refractivity contribution in [1.29, 1.82) is 0 Å². The minimum absolute atomic E-state index is 0.460. The van der Waals surface area contributed by atoms with Crippen molar-refractivity contribution >= 4 is 27.2 Å². The van der Waals surface area contributed by atoms with E-state index in [0.717, 1.165) is 23.9 Å². The maximum atomic E-state index is 11.5. The number of amidine groups is 1. The highest BCUT2D eigenvalue weighted by atomic mass is 32.2. The van der Waals surface area contributed by atoms with Crippen LogP contribution >= 0.6 is 0 Å². The van der Waals surface area contributed by atoms with Crippen molar-refractivity contribution in [2.24, 2.45) is 5.10 Å². The minimum atomic E-state index is -3.36. The van der Waals surface area contributed by atoms with Crippen molar-refractivity contribution in [2.45, 2.75) is 6.42 Å². The number of aromatic nitrogens is 1. The Hall–Kier alpha value is -3.39. The van der Waals surface area contributed by atoms with Crippen LogP contribution in [0.25, 0.3) is 5.70 Å². The molecule has 0 saturated carbocycles. The largest absolute Gasteiger partial charge is 0.368 e. The topological polar surface area (TPSA) is 86.7 Å². The van der Waals surface area contributed by atoms with Crippen LogP contribution in [-0.2, 0) is 16.4 Å². The molecule has 0 bridgehead atoms. The van der Waals surface area contributed by atoms with Crippen molar-refractivity contribution in [3.63, 3.8) is 0 Å². The number of hydrazone groups is 1. The standard InChI is InChI=1S/C21H23N5O2S/c1-16-10-11-21(23-14-12-19-8-4-5-13-22-19)24-26(16)17(2)18-7-6-9-20(15-18)25-29(3,27)28/h4-11,13,15,25H,1-2,12,14H2,3H3,(H,23,24). The first-order valence-electron chi connectivity index (χ1n) is 8.98. The maximum absolute atomic E-state index is 11.5. The van der Waals surface area contributed by atoms with Gasteiger partial charge in [0.25, 0.3) is 0 Å². The summed E-state index contributed by atoms with van der Waals surface area (Å²) in [5.74, 6) is 0.680. The molecular formula is C21H23N5O2S. The fourth-order valence-corrected chi connectivity index (χ4v) is 3.30. The van der Waals surface area contributed by atoms with Gasteiger partial charge < -0.3 is 5.32 Å². The Morgan fingerprint density at radius 1 is 1.17 bits per heavy atom. The molecule has 150 valence electrons. The summed E-state index contributed by atoms with van der Waals surface area (Å²) in [6.45, 7) is 8.80. The number of hydrogen-bond acceptors (Lipinski definition) is 6. The molecule has 1 aromatic carbocycles. The molecule has 0 aliphatic carbocycles. The van der Waals surface area contributed by atoms with Crippen molar-refractivity contribution in [2.75, 3.05) is 17.5 Å². The Kier molecular flexibility index (Phi) is 6.13. The van der Waals surface area contributed by atoms with E-state index in [1.54, 1.807) is 29.4 Å². The lowest BCUT2D eigenvalue weighted by molar-refractivity contribution is 0.534. The molecule has 0 saturated heterocycles. The van der Waals surface area contributed by atoms with Gasteiger partial charge in [0.1, 0.15) is 5.84 Å². The van der Waals surface area contributed by atoms with Crippen LogP contribution in [0.2, 0.25) is 0 Å². The summed E-state index contributed by atoms with van der Waals surface area (Å²) in [6, 6.07) is 12.8. The van der Waals surface area contributed by atoms with Gasteiger partial charge >= 0.3 is 0 Å². The third-order valence-electron chi connectivity index (χ3n) is 4.08. The van der Waals surface area contributed by atoms with Gasteiger partial charge in [-0.25, -0.2) is 13.4 Å². The first-order valence-corrected chi connectivity index (χ1v) is 10.9. The van der Waals surface area contributed by atoms with E-state index in [1.807, 2.05) is 36.4 Å². The minimum Gasteiger partial charge on any atom is -0.368 e. The normalized spacial score (nSPS) is 13.8. The fourth-order valence-electron chi connectivity index (χ4n) is 2.74. The number of hydrogen-bond donors (Lipinski definition) is 2. The Labute approximate surface area is 171 Å². The van der Waals surface area contributed by atoms with E-state index >= 15 is 0 Å². The third kappa shape index (κ3) is 5.79. The summed E-state index contributed by atoms with van der Waals surface area (Å²) in [5, 5.41) is 9.47. The predicted molar refractivity (Wildman–Crippen MR) is 117 cm³/mol. The summed E-state index contributed by atoms with van der Waals surface area (Å²) in [7, 11) is -3.36. The molecular weight excluding hydrogens is 386 g/mol. The summed E-state index contributed by atoms with van der Waals surface area (Å²) < 4.78 is 25.4. The summed E-state index contributed by atoms with van der Waals surface area (Å²) in [4.78, 5) is 4.30. The van der Waals surface area contributed by atoms with Gasteiger partial charge in [-0.3, -0.25) is 9.71 Å². The number of sulfonamides is 1. The van der Waals surface area contributed by atoms with E-state index in [-0.39, 0.29) is 0 Å². The molecule has 3 rings (SSSR count). The molecule has 0 atom stereocenters. The SMILES string of the molecule is C=C1C=CC(NCCc2ccccn2)=NN1C(=C)c1cccc(NS(C)(=O)=O)c1. The van der Waals surface area contributed by atoms with Crippen LogP contribution in [-0.4, -0.2) is 37.0 Å². The van der Waals surface area contributed by atoms with Crippen LogP contribution in [0, 0.1) is 0 Å². The summed E-state index contributed by atoms with van der Waals surface area (Å²) >= 11 is 0. The Morgan fingerprint density at radius 2 is 2.00 bits per heavy atom. The van der Waals surface area contributed by atoms with Crippen LogP contribution < -0.4 is 10.0 Å². The third-order valence-corrected chi connectivity index (χ3v) is 4.69. The van der Waals surface area contributed by atoms with Crippen LogP contribution in [0.4, 0.5) is 5.69 Å². The monoisotopic (exact) mass is 409 g/mol. The second kappa shape index (κ2) is 8.74. The molecule has 0 fully saturated rings. The van der Waals surface area contributed by atoms with Crippen LogP contribution in [0.5, 0.6) is 0 Å². The highest BCUT2D eigenvalue weighted by Crippen LogP contribution is 2.26. The van der Waals surface area contributed by atoms with Gasteiger partial charge in [-0.15, -0.1) is 0 Å². The van der Waals surface area contributed by atoms with Gasteiger partial charge in [-0.05, 0) is 36.4 Å². The molecule has 0 amide bonds. The lowest BCUT2D eigenvalue weighted by atomic mass is 10.1.